The molecule has 0 aromatic heterocycles. The van der Waals surface area contributed by atoms with Gasteiger partial charge in [0.15, 0.2) is 0 Å². The van der Waals surface area contributed by atoms with E-state index in [0.717, 1.165) is 11.3 Å². The second-order valence-electron chi connectivity index (χ2n) is 2.82. The quantitative estimate of drug-likeness (QED) is 0.716. The van der Waals surface area contributed by atoms with E-state index in [2.05, 4.69) is 6.58 Å². The molecule has 0 saturated carbocycles. The van der Waals surface area contributed by atoms with E-state index in [4.69, 9.17) is 9.84 Å². The Kier molecular flexibility index (Phi) is 3.53. The molecule has 0 aliphatic rings. The van der Waals surface area contributed by atoms with Crippen LogP contribution < -0.4 is 4.74 Å². The van der Waals surface area contributed by atoms with Crippen LogP contribution in [0.4, 0.5) is 0 Å². The van der Waals surface area contributed by atoms with Gasteiger partial charge in [0.05, 0.1) is 6.61 Å². The highest BCUT2D eigenvalue weighted by molar-refractivity contribution is 5.32. The van der Waals surface area contributed by atoms with Crippen molar-refractivity contribution in [3.05, 3.63) is 42.5 Å². The molecule has 1 rings (SSSR count). The van der Waals surface area contributed by atoms with E-state index < -0.39 is 0 Å². The van der Waals surface area contributed by atoms with Gasteiger partial charge in [-0.3, -0.25) is 0 Å². The number of ether oxygens (including phenoxy) is 1. The van der Waals surface area contributed by atoms with Crippen LogP contribution in [0.3, 0.4) is 0 Å². The number of rotatable bonds is 4. The molecule has 1 atom stereocenters. The van der Waals surface area contributed by atoms with Crippen molar-refractivity contribution in [2.24, 2.45) is 0 Å². The third kappa shape index (κ3) is 2.60. The highest BCUT2D eigenvalue weighted by Crippen LogP contribution is 2.19. The SMILES string of the molecule is C=CC(C)Oc1ccccc1CO. The molecule has 0 bridgehead atoms. The Bertz CT molecular complexity index is 281. The predicted molar refractivity (Wildman–Crippen MR) is 52.7 cm³/mol. The zero-order valence-electron chi connectivity index (χ0n) is 7.73. The maximum absolute atomic E-state index is 9.00. The van der Waals surface area contributed by atoms with Crippen molar-refractivity contribution in [3.63, 3.8) is 0 Å². The minimum Gasteiger partial charge on any atom is -0.486 e. The van der Waals surface area contributed by atoms with Crippen molar-refractivity contribution in [2.75, 3.05) is 0 Å². The Morgan fingerprint density at radius 2 is 2.23 bits per heavy atom. The lowest BCUT2D eigenvalue weighted by Crippen LogP contribution is -2.08. The van der Waals surface area contributed by atoms with Gasteiger partial charge in [0, 0.05) is 5.56 Å². The van der Waals surface area contributed by atoms with Crippen molar-refractivity contribution in [3.8, 4) is 5.75 Å². The normalized spacial score (nSPS) is 12.2. The van der Waals surface area contributed by atoms with Crippen molar-refractivity contribution in [1.29, 1.82) is 0 Å². The van der Waals surface area contributed by atoms with E-state index in [1.165, 1.54) is 0 Å². The van der Waals surface area contributed by atoms with Gasteiger partial charge in [0.2, 0.25) is 0 Å². The average Bonchev–Trinajstić information content (AvgIpc) is 2.18. The van der Waals surface area contributed by atoms with Crippen LogP contribution in [0, 0.1) is 0 Å². The molecule has 70 valence electrons. The molecule has 0 heterocycles. The molecular weight excluding hydrogens is 164 g/mol. The highest BCUT2D eigenvalue weighted by Gasteiger charge is 2.03. The molecule has 1 aromatic carbocycles. The van der Waals surface area contributed by atoms with Gasteiger partial charge in [0.1, 0.15) is 11.9 Å². The number of hydrogen-bond donors (Lipinski definition) is 1. The summed E-state index contributed by atoms with van der Waals surface area (Å²) in [5, 5.41) is 9.00. The summed E-state index contributed by atoms with van der Waals surface area (Å²) in [7, 11) is 0. The first kappa shape index (κ1) is 9.81. The minimum atomic E-state index is -0.0345. The van der Waals surface area contributed by atoms with E-state index in [-0.39, 0.29) is 12.7 Å². The molecule has 0 aliphatic heterocycles. The van der Waals surface area contributed by atoms with Crippen molar-refractivity contribution >= 4 is 0 Å². The summed E-state index contributed by atoms with van der Waals surface area (Å²) in [6.07, 6.45) is 1.68. The maximum Gasteiger partial charge on any atom is 0.125 e. The smallest absolute Gasteiger partial charge is 0.125 e. The molecule has 0 radical (unpaired) electrons. The monoisotopic (exact) mass is 178 g/mol. The molecule has 2 nitrogen and oxygen atoms in total. The summed E-state index contributed by atoms with van der Waals surface area (Å²) >= 11 is 0. The molecule has 1 aromatic rings. The fourth-order valence-corrected chi connectivity index (χ4v) is 0.998. The highest BCUT2D eigenvalue weighted by atomic mass is 16.5. The van der Waals surface area contributed by atoms with Gasteiger partial charge in [-0.2, -0.15) is 0 Å². The second-order valence-corrected chi connectivity index (χ2v) is 2.82. The fourth-order valence-electron chi connectivity index (χ4n) is 0.998. The van der Waals surface area contributed by atoms with Gasteiger partial charge in [-0.15, -0.1) is 0 Å². The van der Waals surface area contributed by atoms with Crippen LogP contribution in [0.25, 0.3) is 0 Å². The van der Waals surface area contributed by atoms with Crippen LogP contribution in [-0.2, 0) is 6.61 Å². The molecule has 2 heteroatoms. The zero-order valence-corrected chi connectivity index (χ0v) is 7.73. The molecule has 1 unspecified atom stereocenters. The Labute approximate surface area is 78.5 Å². The lowest BCUT2D eigenvalue weighted by Gasteiger charge is -2.13. The average molecular weight is 178 g/mol. The van der Waals surface area contributed by atoms with E-state index in [1.54, 1.807) is 6.08 Å². The van der Waals surface area contributed by atoms with Crippen molar-refractivity contribution in [1.82, 2.24) is 0 Å². The summed E-state index contributed by atoms with van der Waals surface area (Å²) in [5.74, 6) is 0.720. The number of benzene rings is 1. The first-order chi connectivity index (χ1) is 6.27. The lowest BCUT2D eigenvalue weighted by molar-refractivity contribution is 0.244. The van der Waals surface area contributed by atoms with Crippen LogP contribution in [0.5, 0.6) is 5.75 Å². The zero-order chi connectivity index (χ0) is 9.68. The summed E-state index contributed by atoms with van der Waals surface area (Å²) in [6.45, 7) is 5.53. The summed E-state index contributed by atoms with van der Waals surface area (Å²) in [5.41, 5.74) is 0.802. The maximum atomic E-state index is 9.00. The van der Waals surface area contributed by atoms with Crippen LogP contribution in [0.2, 0.25) is 0 Å². The van der Waals surface area contributed by atoms with E-state index >= 15 is 0 Å². The molecule has 1 N–H and O–H groups in total. The van der Waals surface area contributed by atoms with Crippen molar-refractivity contribution in [2.45, 2.75) is 19.6 Å². The van der Waals surface area contributed by atoms with Gasteiger partial charge < -0.3 is 9.84 Å². The first-order valence-electron chi connectivity index (χ1n) is 4.26. The molecule has 0 aliphatic carbocycles. The summed E-state index contributed by atoms with van der Waals surface area (Å²) in [4.78, 5) is 0. The number of hydrogen-bond acceptors (Lipinski definition) is 2. The molecule has 0 amide bonds. The first-order valence-corrected chi connectivity index (χ1v) is 4.26. The van der Waals surface area contributed by atoms with Gasteiger partial charge in [0.25, 0.3) is 0 Å². The van der Waals surface area contributed by atoms with E-state index in [9.17, 15) is 0 Å². The predicted octanol–water partition coefficient (Wildman–Crippen LogP) is 2.13. The number of aliphatic hydroxyl groups is 1. The van der Waals surface area contributed by atoms with Gasteiger partial charge in [-0.1, -0.05) is 30.9 Å². The van der Waals surface area contributed by atoms with Crippen LogP contribution >= 0.6 is 0 Å². The van der Waals surface area contributed by atoms with Gasteiger partial charge in [-0.25, -0.2) is 0 Å². The number of para-hydroxylation sites is 1. The molecule has 13 heavy (non-hydrogen) atoms. The Morgan fingerprint density at radius 3 is 2.85 bits per heavy atom. The third-order valence-corrected chi connectivity index (χ3v) is 1.79. The lowest BCUT2D eigenvalue weighted by atomic mass is 10.2. The van der Waals surface area contributed by atoms with Crippen LogP contribution in [0.1, 0.15) is 12.5 Å². The summed E-state index contributed by atoms with van der Waals surface area (Å²) in [6, 6.07) is 7.43. The minimum absolute atomic E-state index is 0.0000359. The van der Waals surface area contributed by atoms with Gasteiger partial charge in [-0.05, 0) is 13.0 Å². The fraction of sp³-hybridized carbons (Fsp3) is 0.273. The summed E-state index contributed by atoms with van der Waals surface area (Å²) < 4.78 is 5.51. The van der Waals surface area contributed by atoms with E-state index in [1.807, 2.05) is 31.2 Å². The largest absolute Gasteiger partial charge is 0.486 e. The van der Waals surface area contributed by atoms with Crippen LogP contribution in [0.15, 0.2) is 36.9 Å². The topological polar surface area (TPSA) is 29.5 Å². The molecular formula is C11H14O2. The molecule has 0 fully saturated rings. The van der Waals surface area contributed by atoms with Crippen molar-refractivity contribution < 1.29 is 9.84 Å². The van der Waals surface area contributed by atoms with Crippen LogP contribution in [-0.4, -0.2) is 11.2 Å². The Balaban J connectivity index is 2.80. The Hall–Kier alpha value is -1.28. The Morgan fingerprint density at radius 1 is 1.54 bits per heavy atom. The van der Waals surface area contributed by atoms with Gasteiger partial charge >= 0.3 is 0 Å². The standard InChI is InChI=1S/C11H14O2/c1-3-9(2)13-11-7-5-4-6-10(11)8-12/h3-7,9,12H,1,8H2,2H3. The number of aliphatic hydroxyl groups excluding tert-OH is 1. The van der Waals surface area contributed by atoms with E-state index in [0.29, 0.717) is 0 Å². The molecule has 0 spiro atoms. The second kappa shape index (κ2) is 4.67. The molecule has 0 saturated heterocycles. The third-order valence-electron chi connectivity index (χ3n) is 1.79.